The lowest BCUT2D eigenvalue weighted by molar-refractivity contribution is -0.141. The quantitative estimate of drug-likeness (QED) is 0.911. The maximum absolute atomic E-state index is 11.5. The first-order chi connectivity index (χ1) is 10.2. The number of fused-ring (bicyclic) bond motifs is 1. The summed E-state index contributed by atoms with van der Waals surface area (Å²) in [7, 11) is 0. The van der Waals surface area contributed by atoms with Crippen LogP contribution < -0.4 is 0 Å². The first-order valence-electron chi connectivity index (χ1n) is 8.06. The number of aliphatic carboxylic acids is 1. The smallest absolute Gasteiger partial charge is 0.326 e. The molecule has 2 aliphatic heterocycles. The van der Waals surface area contributed by atoms with Crippen molar-refractivity contribution in [1.29, 1.82) is 0 Å². The number of nitrogens with zero attached hydrogens (tertiary/aromatic N) is 4. The van der Waals surface area contributed by atoms with Crippen molar-refractivity contribution < 1.29 is 9.90 Å². The van der Waals surface area contributed by atoms with Gasteiger partial charge in [-0.25, -0.2) is 4.79 Å². The molecule has 0 amide bonds. The highest BCUT2D eigenvalue weighted by Crippen LogP contribution is 2.28. The van der Waals surface area contributed by atoms with Gasteiger partial charge in [0, 0.05) is 19.4 Å². The van der Waals surface area contributed by atoms with Crippen molar-refractivity contribution >= 4 is 5.97 Å². The van der Waals surface area contributed by atoms with Crippen LogP contribution in [-0.4, -0.2) is 50.4 Å². The van der Waals surface area contributed by atoms with Crippen molar-refractivity contribution in [2.45, 2.75) is 51.5 Å². The average molecular weight is 292 g/mol. The number of piperidine rings is 1. The summed E-state index contributed by atoms with van der Waals surface area (Å²) in [4.78, 5) is 13.9. The molecule has 6 heteroatoms. The second kappa shape index (κ2) is 6.13. The molecule has 1 fully saturated rings. The van der Waals surface area contributed by atoms with Crippen LogP contribution in [0.5, 0.6) is 0 Å². The van der Waals surface area contributed by atoms with Gasteiger partial charge in [0.2, 0.25) is 0 Å². The second-order valence-electron chi connectivity index (χ2n) is 6.25. The summed E-state index contributed by atoms with van der Waals surface area (Å²) in [5.41, 5.74) is 0. The highest BCUT2D eigenvalue weighted by Gasteiger charge is 2.31. The topological polar surface area (TPSA) is 71.2 Å². The number of carbonyl (C=O) groups is 1. The van der Waals surface area contributed by atoms with Crippen molar-refractivity contribution in [2.24, 2.45) is 5.92 Å². The van der Waals surface area contributed by atoms with Gasteiger partial charge in [-0.2, -0.15) is 0 Å². The number of hydrogen-bond donors (Lipinski definition) is 1. The van der Waals surface area contributed by atoms with Gasteiger partial charge in [0.1, 0.15) is 17.7 Å². The fourth-order valence-electron chi connectivity index (χ4n) is 3.71. The molecule has 2 atom stereocenters. The lowest BCUT2D eigenvalue weighted by atomic mass is 9.94. The summed E-state index contributed by atoms with van der Waals surface area (Å²) >= 11 is 0. The van der Waals surface area contributed by atoms with E-state index in [0.29, 0.717) is 12.3 Å². The van der Waals surface area contributed by atoms with Crippen LogP contribution in [0.1, 0.15) is 50.3 Å². The van der Waals surface area contributed by atoms with Crippen molar-refractivity contribution in [1.82, 2.24) is 19.7 Å². The zero-order valence-electron chi connectivity index (χ0n) is 12.7. The molecule has 1 N–H and O–H groups in total. The third kappa shape index (κ3) is 2.95. The van der Waals surface area contributed by atoms with E-state index in [-0.39, 0.29) is 0 Å². The fourth-order valence-corrected chi connectivity index (χ4v) is 3.71. The molecule has 0 radical (unpaired) electrons. The number of likely N-dealkylation sites (tertiary alicyclic amines) is 1. The molecule has 0 aromatic carbocycles. The molecule has 2 unspecified atom stereocenters. The van der Waals surface area contributed by atoms with Crippen LogP contribution in [0.15, 0.2) is 0 Å². The Balaban J connectivity index is 1.77. The standard InChI is InChI=1S/C15H24N4O2/c1-2-18-8-4-5-11(10-18)9-14-17-16-13-7-3-6-12(15(20)21)19(13)14/h11-12H,2-10H2,1H3,(H,20,21). The first-order valence-corrected chi connectivity index (χ1v) is 8.06. The minimum atomic E-state index is -0.754. The Morgan fingerprint density at radius 1 is 1.33 bits per heavy atom. The molecular weight excluding hydrogens is 268 g/mol. The van der Waals surface area contributed by atoms with Crippen LogP contribution in [0.4, 0.5) is 0 Å². The molecule has 1 aromatic rings. The maximum atomic E-state index is 11.5. The van der Waals surface area contributed by atoms with E-state index in [1.54, 1.807) is 0 Å². The minimum absolute atomic E-state index is 0.468. The number of hydrogen-bond acceptors (Lipinski definition) is 4. The predicted octanol–water partition coefficient (Wildman–Crippen LogP) is 1.51. The molecule has 3 heterocycles. The van der Waals surface area contributed by atoms with E-state index in [0.717, 1.165) is 44.0 Å². The van der Waals surface area contributed by atoms with Crippen molar-refractivity contribution in [3.05, 3.63) is 11.6 Å². The van der Waals surface area contributed by atoms with Crippen molar-refractivity contribution in [3.8, 4) is 0 Å². The summed E-state index contributed by atoms with van der Waals surface area (Å²) in [6, 6.07) is -0.468. The molecule has 1 saturated heterocycles. The lowest BCUT2D eigenvalue weighted by Crippen LogP contribution is -2.36. The molecule has 0 spiro atoms. The van der Waals surface area contributed by atoms with Gasteiger partial charge in [-0.05, 0) is 44.7 Å². The van der Waals surface area contributed by atoms with Gasteiger partial charge in [0.05, 0.1) is 0 Å². The van der Waals surface area contributed by atoms with Crippen LogP contribution in [0.3, 0.4) is 0 Å². The van der Waals surface area contributed by atoms with Crippen molar-refractivity contribution in [2.75, 3.05) is 19.6 Å². The third-order valence-corrected chi connectivity index (χ3v) is 4.83. The molecule has 0 saturated carbocycles. The fraction of sp³-hybridized carbons (Fsp3) is 0.800. The van der Waals surface area contributed by atoms with E-state index in [2.05, 4.69) is 22.0 Å². The van der Waals surface area contributed by atoms with E-state index in [9.17, 15) is 9.90 Å². The minimum Gasteiger partial charge on any atom is -0.480 e. The van der Waals surface area contributed by atoms with E-state index in [4.69, 9.17) is 0 Å². The Morgan fingerprint density at radius 3 is 2.95 bits per heavy atom. The molecule has 21 heavy (non-hydrogen) atoms. The highest BCUT2D eigenvalue weighted by atomic mass is 16.4. The van der Waals surface area contributed by atoms with Crippen LogP contribution >= 0.6 is 0 Å². The van der Waals surface area contributed by atoms with Gasteiger partial charge in [0.15, 0.2) is 0 Å². The SMILES string of the molecule is CCN1CCCC(Cc2nnc3n2C(C(=O)O)CCC3)C1. The Morgan fingerprint density at radius 2 is 2.19 bits per heavy atom. The van der Waals surface area contributed by atoms with Crippen LogP contribution in [0.25, 0.3) is 0 Å². The van der Waals surface area contributed by atoms with E-state index < -0.39 is 12.0 Å². The van der Waals surface area contributed by atoms with E-state index >= 15 is 0 Å². The predicted molar refractivity (Wildman–Crippen MR) is 78.2 cm³/mol. The summed E-state index contributed by atoms with van der Waals surface area (Å²) < 4.78 is 1.90. The summed E-state index contributed by atoms with van der Waals surface area (Å²) in [5, 5.41) is 18.0. The Bertz CT molecular complexity index is 514. The molecule has 6 nitrogen and oxygen atoms in total. The zero-order valence-corrected chi connectivity index (χ0v) is 12.7. The number of carboxylic acids is 1. The van der Waals surface area contributed by atoms with E-state index in [1.165, 1.54) is 19.4 Å². The van der Waals surface area contributed by atoms with Gasteiger partial charge in [-0.15, -0.1) is 10.2 Å². The summed E-state index contributed by atoms with van der Waals surface area (Å²) in [6.07, 6.45) is 5.72. The monoisotopic (exact) mass is 292 g/mol. The largest absolute Gasteiger partial charge is 0.480 e. The Hall–Kier alpha value is -1.43. The molecule has 2 aliphatic rings. The summed E-state index contributed by atoms with van der Waals surface area (Å²) in [6.45, 7) is 5.56. The average Bonchev–Trinajstić information content (AvgIpc) is 2.90. The molecular formula is C15H24N4O2. The van der Waals surface area contributed by atoms with E-state index in [1.807, 2.05) is 4.57 Å². The molecule has 0 bridgehead atoms. The van der Waals surface area contributed by atoms with Gasteiger partial charge < -0.3 is 14.6 Å². The summed E-state index contributed by atoms with van der Waals surface area (Å²) in [5.74, 6) is 1.55. The van der Waals surface area contributed by atoms with Gasteiger partial charge >= 0.3 is 5.97 Å². The zero-order chi connectivity index (χ0) is 14.8. The normalized spacial score (nSPS) is 26.5. The molecule has 3 rings (SSSR count). The van der Waals surface area contributed by atoms with Gasteiger partial charge in [-0.3, -0.25) is 0 Å². The van der Waals surface area contributed by atoms with Crippen LogP contribution in [0, 0.1) is 5.92 Å². The van der Waals surface area contributed by atoms with Crippen molar-refractivity contribution in [3.63, 3.8) is 0 Å². The van der Waals surface area contributed by atoms with Crippen LogP contribution in [0.2, 0.25) is 0 Å². The number of aryl methyl sites for hydroxylation is 1. The molecule has 116 valence electrons. The third-order valence-electron chi connectivity index (χ3n) is 4.83. The lowest BCUT2D eigenvalue weighted by Gasteiger charge is -2.32. The Labute approximate surface area is 125 Å². The first kappa shape index (κ1) is 14.5. The van der Waals surface area contributed by atoms with Gasteiger partial charge in [0.25, 0.3) is 0 Å². The second-order valence-corrected chi connectivity index (χ2v) is 6.25. The number of aromatic nitrogens is 3. The molecule has 0 aliphatic carbocycles. The maximum Gasteiger partial charge on any atom is 0.326 e. The number of rotatable bonds is 4. The Kier molecular flexibility index (Phi) is 4.24. The number of carboxylic acid groups (broad SMARTS) is 1. The van der Waals surface area contributed by atoms with Gasteiger partial charge in [-0.1, -0.05) is 6.92 Å². The highest BCUT2D eigenvalue weighted by molar-refractivity contribution is 5.72. The molecule has 1 aromatic heterocycles. The van der Waals surface area contributed by atoms with Crippen LogP contribution in [-0.2, 0) is 17.6 Å².